The molecule has 1 atom stereocenters. The highest BCUT2D eigenvalue weighted by atomic mass is 35.5. The number of fused-ring (bicyclic) bond motifs is 1. The van der Waals surface area contributed by atoms with Crippen molar-refractivity contribution in [1.82, 2.24) is 15.6 Å². The van der Waals surface area contributed by atoms with Crippen molar-refractivity contribution >= 4 is 41.6 Å². The molecule has 26 heavy (non-hydrogen) atoms. The lowest BCUT2D eigenvalue weighted by Crippen LogP contribution is -2.33. The Morgan fingerprint density at radius 1 is 1.19 bits per heavy atom. The van der Waals surface area contributed by atoms with E-state index in [1.54, 1.807) is 0 Å². The van der Waals surface area contributed by atoms with Gasteiger partial charge in [-0.2, -0.15) is 0 Å². The molecule has 4 rings (SSSR count). The Morgan fingerprint density at radius 2 is 2.00 bits per heavy atom. The van der Waals surface area contributed by atoms with Crippen molar-refractivity contribution in [2.45, 2.75) is 38.0 Å². The number of nitrogens with one attached hydrogen (secondary N) is 2. The van der Waals surface area contributed by atoms with E-state index >= 15 is 0 Å². The van der Waals surface area contributed by atoms with Crippen LogP contribution in [0.1, 0.15) is 54.1 Å². The minimum Gasteiger partial charge on any atom is -0.352 e. The fourth-order valence-corrected chi connectivity index (χ4v) is 3.63. The van der Waals surface area contributed by atoms with E-state index in [-0.39, 0.29) is 30.7 Å². The molecule has 2 fully saturated rings. The highest BCUT2D eigenvalue weighted by Gasteiger charge is 2.27. The maximum Gasteiger partial charge on any atom is 0.252 e. The summed E-state index contributed by atoms with van der Waals surface area (Å²) < 4.78 is 0. The van der Waals surface area contributed by atoms with Crippen LogP contribution in [0.2, 0.25) is 0 Å². The van der Waals surface area contributed by atoms with E-state index in [2.05, 4.69) is 10.6 Å². The predicted molar refractivity (Wildman–Crippen MR) is 111 cm³/mol. The van der Waals surface area contributed by atoms with Gasteiger partial charge >= 0.3 is 0 Å². The SMILES string of the molecule is Cl.Cl.O=C(NCCC1CCCNC1)c1cc(C2CC2)nc2ccccc12. The number of hydrogen-bond donors (Lipinski definition) is 2. The minimum absolute atomic E-state index is 0. The number of benzene rings is 1. The minimum atomic E-state index is 0. The van der Waals surface area contributed by atoms with Gasteiger partial charge in [0.05, 0.1) is 11.1 Å². The summed E-state index contributed by atoms with van der Waals surface area (Å²) in [5, 5.41) is 7.52. The number of halogens is 2. The fourth-order valence-electron chi connectivity index (χ4n) is 3.63. The molecule has 0 bridgehead atoms. The number of aromatic nitrogens is 1. The molecule has 6 heteroatoms. The van der Waals surface area contributed by atoms with Crippen LogP contribution < -0.4 is 10.6 Å². The smallest absolute Gasteiger partial charge is 0.252 e. The Balaban J connectivity index is 0.00000121. The average Bonchev–Trinajstić information content (AvgIpc) is 3.47. The van der Waals surface area contributed by atoms with Crippen LogP contribution in [0, 0.1) is 5.92 Å². The van der Waals surface area contributed by atoms with Gasteiger partial charge < -0.3 is 10.6 Å². The van der Waals surface area contributed by atoms with Crippen LogP contribution in [0.15, 0.2) is 30.3 Å². The van der Waals surface area contributed by atoms with E-state index < -0.39 is 0 Å². The molecule has 1 saturated carbocycles. The lowest BCUT2D eigenvalue weighted by molar-refractivity contribution is 0.0952. The second-order valence-electron chi connectivity index (χ2n) is 7.14. The van der Waals surface area contributed by atoms with Crippen molar-refractivity contribution in [1.29, 1.82) is 0 Å². The second-order valence-corrected chi connectivity index (χ2v) is 7.14. The van der Waals surface area contributed by atoms with Gasteiger partial charge in [-0.15, -0.1) is 24.8 Å². The molecular formula is C20H27Cl2N3O. The summed E-state index contributed by atoms with van der Waals surface area (Å²) in [5.74, 6) is 1.28. The lowest BCUT2D eigenvalue weighted by Gasteiger charge is -2.22. The third-order valence-corrected chi connectivity index (χ3v) is 5.21. The highest BCUT2D eigenvalue weighted by Crippen LogP contribution is 2.40. The maximum absolute atomic E-state index is 12.7. The molecule has 0 radical (unpaired) electrons. The number of hydrogen-bond acceptors (Lipinski definition) is 3. The molecular weight excluding hydrogens is 369 g/mol. The Bertz CT molecular complexity index is 743. The van der Waals surface area contributed by atoms with Crippen LogP contribution in [0.5, 0.6) is 0 Å². The zero-order valence-electron chi connectivity index (χ0n) is 14.9. The summed E-state index contributed by atoms with van der Waals surface area (Å²) >= 11 is 0. The summed E-state index contributed by atoms with van der Waals surface area (Å²) in [6.07, 6.45) is 5.96. The summed E-state index contributed by atoms with van der Waals surface area (Å²) in [7, 11) is 0. The van der Waals surface area contributed by atoms with Crippen molar-refractivity contribution < 1.29 is 4.79 Å². The fraction of sp³-hybridized carbons (Fsp3) is 0.500. The van der Waals surface area contributed by atoms with Crippen LogP contribution in [-0.2, 0) is 0 Å². The van der Waals surface area contributed by atoms with Gasteiger partial charge in [0, 0.05) is 23.5 Å². The van der Waals surface area contributed by atoms with E-state index in [0.29, 0.717) is 11.8 Å². The summed E-state index contributed by atoms with van der Waals surface area (Å²) in [5.41, 5.74) is 2.79. The van der Waals surface area contributed by atoms with E-state index in [9.17, 15) is 4.79 Å². The van der Waals surface area contributed by atoms with E-state index in [1.165, 1.54) is 25.7 Å². The number of carbonyl (C=O) groups is 1. The Morgan fingerprint density at radius 3 is 2.73 bits per heavy atom. The standard InChI is InChI=1S/C20H25N3O.2ClH/c24-20(22-11-9-14-4-3-10-21-13-14)17-12-19(15-7-8-15)23-18-6-2-1-5-16(17)18;;/h1-2,5-6,12,14-15,21H,3-4,7-11,13H2,(H,22,24);2*1H. The van der Waals surface area contributed by atoms with Gasteiger partial charge in [0.2, 0.25) is 0 Å². The van der Waals surface area contributed by atoms with Crippen molar-refractivity contribution in [2.24, 2.45) is 5.92 Å². The summed E-state index contributed by atoms with van der Waals surface area (Å²) in [6, 6.07) is 9.98. The number of nitrogens with zero attached hydrogens (tertiary/aromatic N) is 1. The first-order chi connectivity index (χ1) is 11.8. The molecule has 1 amide bonds. The van der Waals surface area contributed by atoms with Gasteiger partial charge in [0.25, 0.3) is 5.91 Å². The van der Waals surface area contributed by atoms with Gasteiger partial charge in [0.1, 0.15) is 0 Å². The quantitative estimate of drug-likeness (QED) is 0.801. The van der Waals surface area contributed by atoms with Crippen molar-refractivity contribution in [2.75, 3.05) is 19.6 Å². The second kappa shape index (κ2) is 9.54. The highest BCUT2D eigenvalue weighted by molar-refractivity contribution is 6.06. The monoisotopic (exact) mass is 395 g/mol. The first kappa shape index (κ1) is 20.9. The van der Waals surface area contributed by atoms with E-state index in [1.807, 2.05) is 30.3 Å². The lowest BCUT2D eigenvalue weighted by atomic mass is 9.96. The van der Waals surface area contributed by atoms with Crippen LogP contribution in [0.4, 0.5) is 0 Å². The molecule has 1 aromatic carbocycles. The van der Waals surface area contributed by atoms with E-state index in [0.717, 1.165) is 48.2 Å². The zero-order valence-corrected chi connectivity index (χ0v) is 16.5. The number of para-hydroxylation sites is 1. The maximum atomic E-state index is 12.7. The first-order valence-corrected chi connectivity index (χ1v) is 9.20. The molecule has 4 nitrogen and oxygen atoms in total. The topological polar surface area (TPSA) is 54.0 Å². The van der Waals surface area contributed by atoms with Crippen LogP contribution in [0.3, 0.4) is 0 Å². The first-order valence-electron chi connectivity index (χ1n) is 9.20. The van der Waals surface area contributed by atoms with Gasteiger partial charge in [0.15, 0.2) is 0 Å². The molecule has 2 aromatic rings. The molecule has 1 saturated heterocycles. The molecule has 1 aromatic heterocycles. The van der Waals surface area contributed by atoms with Gasteiger partial charge in [-0.1, -0.05) is 18.2 Å². The zero-order chi connectivity index (χ0) is 16.4. The van der Waals surface area contributed by atoms with Gasteiger partial charge in [-0.25, -0.2) is 0 Å². The van der Waals surface area contributed by atoms with Crippen LogP contribution in [0.25, 0.3) is 10.9 Å². The Labute approximate surface area is 167 Å². The molecule has 1 aliphatic carbocycles. The van der Waals surface area contributed by atoms with Crippen LogP contribution in [-0.4, -0.2) is 30.5 Å². The predicted octanol–water partition coefficient (Wildman–Crippen LogP) is 4.08. The third-order valence-electron chi connectivity index (χ3n) is 5.21. The van der Waals surface area contributed by atoms with Crippen molar-refractivity contribution in [3.05, 3.63) is 41.6 Å². The third kappa shape index (κ3) is 4.87. The summed E-state index contributed by atoms with van der Waals surface area (Å²) in [6.45, 7) is 2.97. The molecule has 2 heterocycles. The molecule has 2 N–H and O–H groups in total. The Kier molecular flexibility index (Phi) is 7.69. The molecule has 1 unspecified atom stereocenters. The largest absolute Gasteiger partial charge is 0.352 e. The van der Waals surface area contributed by atoms with Gasteiger partial charge in [-0.05, 0) is 63.2 Å². The van der Waals surface area contributed by atoms with Gasteiger partial charge in [-0.3, -0.25) is 9.78 Å². The number of amides is 1. The van der Waals surface area contributed by atoms with Crippen LogP contribution >= 0.6 is 24.8 Å². The normalized spacial score (nSPS) is 19.3. The molecule has 0 spiro atoms. The Hall–Kier alpha value is -1.36. The molecule has 1 aliphatic heterocycles. The molecule has 2 aliphatic rings. The molecule has 142 valence electrons. The number of piperidine rings is 1. The summed E-state index contributed by atoms with van der Waals surface area (Å²) in [4.78, 5) is 17.5. The average molecular weight is 396 g/mol. The number of rotatable bonds is 5. The van der Waals surface area contributed by atoms with Crippen molar-refractivity contribution in [3.8, 4) is 0 Å². The number of pyridine rings is 1. The number of carbonyl (C=O) groups excluding carboxylic acids is 1. The van der Waals surface area contributed by atoms with Crippen molar-refractivity contribution in [3.63, 3.8) is 0 Å². The van der Waals surface area contributed by atoms with E-state index in [4.69, 9.17) is 4.98 Å².